The van der Waals surface area contributed by atoms with Gasteiger partial charge in [0.15, 0.2) is 5.11 Å². The predicted molar refractivity (Wildman–Crippen MR) is 115 cm³/mol. The number of halogens is 3. The average molecular weight is 428 g/mol. The summed E-state index contributed by atoms with van der Waals surface area (Å²) < 4.78 is 25.1. The zero-order valence-electron chi connectivity index (χ0n) is 13.8. The third-order valence-corrected chi connectivity index (χ3v) is 4.56. The zero-order valence-corrected chi connectivity index (χ0v) is 16.2. The second kappa shape index (κ2) is 9.36. The van der Waals surface area contributed by atoms with Crippen LogP contribution >= 0.6 is 35.2 Å². The third-order valence-electron chi connectivity index (χ3n) is 3.17. The van der Waals surface area contributed by atoms with Crippen LogP contribution in [0.2, 0.25) is 5.02 Å². The lowest BCUT2D eigenvalue weighted by atomic mass is 10.2. The number of thiophene rings is 1. The van der Waals surface area contributed by atoms with Crippen LogP contribution < -0.4 is 27.8 Å². The van der Waals surface area contributed by atoms with Crippen LogP contribution in [0, 0.1) is 11.6 Å². The number of anilines is 5. The van der Waals surface area contributed by atoms with Gasteiger partial charge in [-0.1, -0.05) is 11.6 Å². The number of benzene rings is 2. The molecule has 0 spiro atoms. The van der Waals surface area contributed by atoms with Gasteiger partial charge in [-0.25, -0.2) is 8.78 Å². The summed E-state index contributed by atoms with van der Waals surface area (Å²) >= 11 is 12.5. The van der Waals surface area contributed by atoms with E-state index in [9.17, 15) is 8.78 Å². The van der Waals surface area contributed by atoms with Gasteiger partial charge in [-0.3, -0.25) is 0 Å². The summed E-state index contributed by atoms with van der Waals surface area (Å²) in [4.78, 5) is 0. The second-order valence-corrected chi connectivity index (χ2v) is 6.78. The van der Waals surface area contributed by atoms with E-state index in [1.165, 1.54) is 47.7 Å². The first-order valence-corrected chi connectivity index (χ1v) is 9.14. The maximum absolute atomic E-state index is 12.9. The smallest absolute Gasteiger partial charge is 0.175 e. The molecular weight excluding hydrogens is 412 g/mol. The number of hydrogen-bond acceptors (Lipinski definition) is 5. The van der Waals surface area contributed by atoms with E-state index in [4.69, 9.17) is 41.0 Å². The first-order valence-electron chi connectivity index (χ1n) is 7.41. The molecule has 0 atom stereocenters. The Morgan fingerprint density at radius 1 is 0.852 bits per heavy atom. The van der Waals surface area contributed by atoms with Crippen molar-refractivity contribution in [3.8, 4) is 0 Å². The van der Waals surface area contributed by atoms with Gasteiger partial charge < -0.3 is 27.8 Å². The minimum atomic E-state index is -0.391. The van der Waals surface area contributed by atoms with Gasteiger partial charge in [-0.05, 0) is 48.6 Å². The number of nitrogen functional groups attached to an aromatic ring is 3. The van der Waals surface area contributed by atoms with Gasteiger partial charge in [-0.15, -0.1) is 11.3 Å². The summed E-state index contributed by atoms with van der Waals surface area (Å²) in [6.45, 7) is 0. The Labute approximate surface area is 169 Å². The van der Waals surface area contributed by atoms with Gasteiger partial charge in [0.25, 0.3) is 0 Å². The topological polar surface area (TPSA) is 102 Å². The standard InChI is InChI=1S/C11H9ClFN3S2.C6H7FN2/c12-7-4-18-5-10(7)16-11(17)15-9-2-1-6(13)3-8(9)14;7-4-1-2-5(8)6(9)3-4/h1-5H,14H2,(H2,15,16,17);1-3H,8-9H2. The molecule has 1 aromatic heterocycles. The Kier molecular flexibility index (Phi) is 7.17. The Balaban J connectivity index is 0.000000244. The van der Waals surface area contributed by atoms with E-state index in [0.29, 0.717) is 21.5 Å². The molecular formula is C17H16ClF2N5S2. The number of thiocarbonyl (C=S) groups is 1. The molecule has 0 aliphatic carbocycles. The van der Waals surface area contributed by atoms with Crippen LogP contribution in [-0.2, 0) is 0 Å². The molecule has 5 nitrogen and oxygen atoms in total. The number of nitrogens with one attached hydrogen (secondary N) is 2. The lowest BCUT2D eigenvalue weighted by Gasteiger charge is -2.11. The zero-order chi connectivity index (χ0) is 20.0. The minimum Gasteiger partial charge on any atom is -0.397 e. The maximum atomic E-state index is 12.9. The van der Waals surface area contributed by atoms with Crippen LogP contribution in [-0.4, -0.2) is 5.11 Å². The average Bonchev–Trinajstić information content (AvgIpc) is 2.99. The summed E-state index contributed by atoms with van der Waals surface area (Å²) in [5.74, 6) is -0.750. The van der Waals surface area contributed by atoms with Crippen LogP contribution in [0.5, 0.6) is 0 Å². The third kappa shape index (κ3) is 6.24. The Morgan fingerprint density at radius 3 is 1.96 bits per heavy atom. The fraction of sp³-hybridized carbons (Fsp3) is 0. The van der Waals surface area contributed by atoms with Crippen LogP contribution in [0.25, 0.3) is 0 Å². The highest BCUT2D eigenvalue weighted by Crippen LogP contribution is 2.26. The molecule has 0 aliphatic heterocycles. The molecule has 0 aliphatic rings. The van der Waals surface area contributed by atoms with E-state index in [-0.39, 0.29) is 17.2 Å². The van der Waals surface area contributed by atoms with Crippen molar-refractivity contribution in [1.29, 1.82) is 0 Å². The van der Waals surface area contributed by atoms with Crippen molar-refractivity contribution < 1.29 is 8.78 Å². The summed E-state index contributed by atoms with van der Waals surface area (Å²) in [5, 5.41) is 10.4. The van der Waals surface area contributed by atoms with Gasteiger partial charge in [0, 0.05) is 10.8 Å². The Bertz CT molecular complexity index is 949. The predicted octanol–water partition coefficient (Wildman–Crippen LogP) is 4.92. The van der Waals surface area contributed by atoms with E-state index >= 15 is 0 Å². The molecule has 0 saturated heterocycles. The molecule has 0 amide bonds. The molecule has 10 heteroatoms. The molecule has 3 aromatic rings. The summed E-state index contributed by atoms with van der Waals surface area (Å²) in [5.41, 5.74) is 18.5. The summed E-state index contributed by atoms with van der Waals surface area (Å²) in [7, 11) is 0. The summed E-state index contributed by atoms with van der Waals surface area (Å²) in [6, 6.07) is 7.95. The maximum Gasteiger partial charge on any atom is 0.175 e. The summed E-state index contributed by atoms with van der Waals surface area (Å²) in [6.07, 6.45) is 0. The van der Waals surface area contributed by atoms with Crippen LogP contribution in [0.15, 0.2) is 47.2 Å². The highest BCUT2D eigenvalue weighted by molar-refractivity contribution is 7.80. The van der Waals surface area contributed by atoms with E-state index < -0.39 is 5.82 Å². The van der Waals surface area contributed by atoms with Crippen molar-refractivity contribution >= 4 is 68.7 Å². The van der Waals surface area contributed by atoms with Crippen LogP contribution in [0.3, 0.4) is 0 Å². The molecule has 142 valence electrons. The first kappa shape index (κ1) is 20.7. The van der Waals surface area contributed by atoms with Crippen molar-refractivity contribution in [2.24, 2.45) is 0 Å². The normalized spacial score (nSPS) is 9.89. The highest BCUT2D eigenvalue weighted by atomic mass is 35.5. The highest BCUT2D eigenvalue weighted by Gasteiger charge is 2.06. The largest absolute Gasteiger partial charge is 0.397 e. The number of nitrogens with two attached hydrogens (primary N) is 3. The first-order chi connectivity index (χ1) is 12.8. The fourth-order valence-electron chi connectivity index (χ4n) is 1.84. The quantitative estimate of drug-likeness (QED) is 0.294. The fourth-order valence-corrected chi connectivity index (χ4v) is 3.02. The lowest BCUT2D eigenvalue weighted by molar-refractivity contribution is 0.628. The SMILES string of the molecule is Nc1cc(F)ccc1NC(=S)Nc1cscc1Cl.Nc1ccc(F)cc1N. The molecule has 0 unspecified atom stereocenters. The molecule has 2 aromatic carbocycles. The Morgan fingerprint density at radius 2 is 1.44 bits per heavy atom. The van der Waals surface area contributed by atoms with E-state index in [2.05, 4.69) is 10.6 Å². The molecule has 0 saturated carbocycles. The molecule has 1 heterocycles. The van der Waals surface area contributed by atoms with Crippen molar-refractivity contribution in [2.45, 2.75) is 0 Å². The van der Waals surface area contributed by atoms with Gasteiger partial charge in [0.1, 0.15) is 11.6 Å². The molecule has 0 bridgehead atoms. The van der Waals surface area contributed by atoms with Crippen molar-refractivity contribution in [3.63, 3.8) is 0 Å². The molecule has 8 N–H and O–H groups in total. The van der Waals surface area contributed by atoms with Gasteiger partial charge in [0.2, 0.25) is 0 Å². The second-order valence-electron chi connectivity index (χ2n) is 5.22. The lowest BCUT2D eigenvalue weighted by Crippen LogP contribution is -2.19. The monoisotopic (exact) mass is 427 g/mol. The van der Waals surface area contributed by atoms with E-state index in [0.717, 1.165) is 5.69 Å². The Hall–Kier alpha value is -2.62. The number of hydrogen-bond donors (Lipinski definition) is 5. The van der Waals surface area contributed by atoms with Crippen molar-refractivity contribution in [1.82, 2.24) is 0 Å². The number of rotatable bonds is 2. The molecule has 3 rings (SSSR count). The van der Waals surface area contributed by atoms with Crippen LogP contribution in [0.4, 0.5) is 37.2 Å². The van der Waals surface area contributed by atoms with Gasteiger partial charge in [-0.2, -0.15) is 0 Å². The van der Waals surface area contributed by atoms with Crippen molar-refractivity contribution in [2.75, 3.05) is 27.8 Å². The molecule has 0 fully saturated rings. The van der Waals surface area contributed by atoms with Gasteiger partial charge >= 0.3 is 0 Å². The van der Waals surface area contributed by atoms with Crippen LogP contribution in [0.1, 0.15) is 0 Å². The molecule has 0 radical (unpaired) electrons. The van der Waals surface area contributed by atoms with Gasteiger partial charge in [0.05, 0.1) is 33.5 Å². The van der Waals surface area contributed by atoms with E-state index in [1.807, 2.05) is 5.38 Å². The van der Waals surface area contributed by atoms with Crippen molar-refractivity contribution in [3.05, 3.63) is 63.8 Å². The minimum absolute atomic E-state index is 0.287. The molecule has 27 heavy (non-hydrogen) atoms. The van der Waals surface area contributed by atoms with E-state index in [1.54, 1.807) is 5.38 Å².